The Kier molecular flexibility index (Phi) is 3.75. The van der Waals surface area contributed by atoms with Crippen molar-refractivity contribution in [3.8, 4) is 6.07 Å². The van der Waals surface area contributed by atoms with E-state index in [2.05, 4.69) is 17.9 Å². The standard InChI is InChI=1S/C14H17FN2/c1-11-3-2-6-17(9-11)10-13-7-12(8-16)4-5-14(13)15/h4-5,7,11H,2-3,6,9-10H2,1H3. The maximum atomic E-state index is 13.6. The van der Waals surface area contributed by atoms with E-state index in [1.165, 1.54) is 25.0 Å². The molecule has 90 valence electrons. The molecule has 0 bridgehead atoms. The van der Waals surface area contributed by atoms with E-state index >= 15 is 0 Å². The van der Waals surface area contributed by atoms with Gasteiger partial charge in [0, 0.05) is 18.7 Å². The van der Waals surface area contributed by atoms with Crippen molar-refractivity contribution in [1.29, 1.82) is 5.26 Å². The lowest BCUT2D eigenvalue weighted by molar-refractivity contribution is 0.175. The van der Waals surface area contributed by atoms with E-state index in [9.17, 15) is 4.39 Å². The van der Waals surface area contributed by atoms with Gasteiger partial charge in [-0.05, 0) is 43.5 Å². The first-order chi connectivity index (χ1) is 8.19. The van der Waals surface area contributed by atoms with Gasteiger partial charge >= 0.3 is 0 Å². The van der Waals surface area contributed by atoms with Crippen LogP contribution >= 0.6 is 0 Å². The summed E-state index contributed by atoms with van der Waals surface area (Å²) >= 11 is 0. The Hall–Kier alpha value is -1.40. The summed E-state index contributed by atoms with van der Waals surface area (Å²) in [7, 11) is 0. The van der Waals surface area contributed by atoms with Gasteiger partial charge in [0.05, 0.1) is 11.6 Å². The van der Waals surface area contributed by atoms with Gasteiger partial charge in [-0.15, -0.1) is 0 Å². The van der Waals surface area contributed by atoms with Crippen LogP contribution < -0.4 is 0 Å². The van der Waals surface area contributed by atoms with Gasteiger partial charge in [-0.25, -0.2) is 4.39 Å². The molecule has 2 rings (SSSR count). The van der Waals surface area contributed by atoms with Crippen molar-refractivity contribution in [2.45, 2.75) is 26.3 Å². The van der Waals surface area contributed by atoms with Crippen LogP contribution in [0.4, 0.5) is 4.39 Å². The van der Waals surface area contributed by atoms with Crippen molar-refractivity contribution in [1.82, 2.24) is 4.90 Å². The molecule has 1 heterocycles. The van der Waals surface area contributed by atoms with Crippen LogP contribution in [0.2, 0.25) is 0 Å². The molecule has 17 heavy (non-hydrogen) atoms. The summed E-state index contributed by atoms with van der Waals surface area (Å²) in [4.78, 5) is 2.27. The molecule has 0 saturated carbocycles. The lowest BCUT2D eigenvalue weighted by atomic mass is 9.99. The molecule has 1 aromatic rings. The maximum Gasteiger partial charge on any atom is 0.127 e. The van der Waals surface area contributed by atoms with E-state index in [0.717, 1.165) is 13.1 Å². The summed E-state index contributed by atoms with van der Waals surface area (Å²) in [5.74, 6) is 0.480. The minimum atomic E-state index is -0.206. The van der Waals surface area contributed by atoms with Gasteiger partial charge in [0.1, 0.15) is 5.82 Å². The monoisotopic (exact) mass is 232 g/mol. The van der Waals surface area contributed by atoms with E-state index in [1.54, 1.807) is 6.07 Å². The molecule has 0 aromatic heterocycles. The highest BCUT2D eigenvalue weighted by Crippen LogP contribution is 2.19. The van der Waals surface area contributed by atoms with Gasteiger partial charge < -0.3 is 0 Å². The Morgan fingerprint density at radius 3 is 3.06 bits per heavy atom. The zero-order valence-electron chi connectivity index (χ0n) is 10.1. The average molecular weight is 232 g/mol. The zero-order valence-corrected chi connectivity index (χ0v) is 10.1. The van der Waals surface area contributed by atoms with Crippen LogP contribution in [0.25, 0.3) is 0 Å². The lowest BCUT2D eigenvalue weighted by Crippen LogP contribution is -2.34. The summed E-state index contributed by atoms with van der Waals surface area (Å²) in [6.07, 6.45) is 2.44. The number of piperidine rings is 1. The van der Waals surface area contributed by atoms with E-state index < -0.39 is 0 Å². The smallest absolute Gasteiger partial charge is 0.127 e. The number of likely N-dealkylation sites (tertiary alicyclic amines) is 1. The van der Waals surface area contributed by atoms with Crippen molar-refractivity contribution < 1.29 is 4.39 Å². The average Bonchev–Trinajstić information content (AvgIpc) is 2.32. The van der Waals surface area contributed by atoms with Crippen LogP contribution in [-0.4, -0.2) is 18.0 Å². The van der Waals surface area contributed by atoms with Gasteiger partial charge in [0.2, 0.25) is 0 Å². The van der Waals surface area contributed by atoms with Crippen LogP contribution in [-0.2, 0) is 6.54 Å². The van der Waals surface area contributed by atoms with Crippen molar-refractivity contribution in [2.24, 2.45) is 5.92 Å². The third-order valence-electron chi connectivity index (χ3n) is 3.31. The van der Waals surface area contributed by atoms with E-state index in [4.69, 9.17) is 5.26 Å². The molecule has 1 saturated heterocycles. The minimum absolute atomic E-state index is 0.206. The number of nitriles is 1. The van der Waals surface area contributed by atoms with Gasteiger partial charge in [0.25, 0.3) is 0 Å². The Morgan fingerprint density at radius 1 is 1.53 bits per heavy atom. The number of halogens is 1. The summed E-state index contributed by atoms with van der Waals surface area (Å²) in [5.41, 5.74) is 1.17. The topological polar surface area (TPSA) is 27.0 Å². The van der Waals surface area contributed by atoms with E-state index in [0.29, 0.717) is 23.6 Å². The van der Waals surface area contributed by atoms with Gasteiger partial charge in [-0.3, -0.25) is 4.90 Å². The normalized spacial score (nSPS) is 21.1. The predicted molar refractivity (Wildman–Crippen MR) is 64.8 cm³/mol. The highest BCUT2D eigenvalue weighted by Gasteiger charge is 2.17. The molecule has 0 radical (unpaired) electrons. The van der Waals surface area contributed by atoms with Crippen molar-refractivity contribution >= 4 is 0 Å². The molecule has 0 aliphatic carbocycles. The second-order valence-corrected chi connectivity index (χ2v) is 4.90. The van der Waals surface area contributed by atoms with Crippen LogP contribution in [0.3, 0.4) is 0 Å². The lowest BCUT2D eigenvalue weighted by Gasteiger charge is -2.30. The van der Waals surface area contributed by atoms with Crippen LogP contribution in [0.5, 0.6) is 0 Å². The fourth-order valence-electron chi connectivity index (χ4n) is 2.44. The molecule has 1 unspecified atom stereocenters. The van der Waals surface area contributed by atoms with Gasteiger partial charge in [-0.2, -0.15) is 5.26 Å². The Morgan fingerprint density at radius 2 is 2.35 bits per heavy atom. The van der Waals surface area contributed by atoms with E-state index in [1.807, 2.05) is 0 Å². The highest BCUT2D eigenvalue weighted by molar-refractivity contribution is 5.33. The van der Waals surface area contributed by atoms with E-state index in [-0.39, 0.29) is 5.82 Å². The van der Waals surface area contributed by atoms with Crippen molar-refractivity contribution in [2.75, 3.05) is 13.1 Å². The van der Waals surface area contributed by atoms with Crippen LogP contribution in [0.1, 0.15) is 30.9 Å². The molecular formula is C14H17FN2. The SMILES string of the molecule is CC1CCCN(Cc2cc(C#N)ccc2F)C1. The molecule has 1 aliphatic rings. The third-order valence-corrected chi connectivity index (χ3v) is 3.31. The predicted octanol–water partition coefficient (Wildman–Crippen LogP) is 2.93. The minimum Gasteiger partial charge on any atom is -0.299 e. The molecule has 3 heteroatoms. The maximum absolute atomic E-state index is 13.6. The second kappa shape index (κ2) is 5.29. The first kappa shape index (κ1) is 12.1. The number of rotatable bonds is 2. The highest BCUT2D eigenvalue weighted by atomic mass is 19.1. The molecular weight excluding hydrogens is 215 g/mol. The number of benzene rings is 1. The first-order valence-corrected chi connectivity index (χ1v) is 6.10. The zero-order chi connectivity index (χ0) is 12.3. The molecule has 1 atom stereocenters. The van der Waals surface area contributed by atoms with Gasteiger partial charge in [0.15, 0.2) is 0 Å². The Bertz CT molecular complexity index is 436. The van der Waals surface area contributed by atoms with Gasteiger partial charge in [-0.1, -0.05) is 6.92 Å². The van der Waals surface area contributed by atoms with Crippen molar-refractivity contribution in [3.05, 3.63) is 35.1 Å². The largest absolute Gasteiger partial charge is 0.299 e. The molecule has 0 spiro atoms. The second-order valence-electron chi connectivity index (χ2n) is 4.90. The molecule has 2 nitrogen and oxygen atoms in total. The molecule has 0 amide bonds. The van der Waals surface area contributed by atoms with Crippen LogP contribution in [0.15, 0.2) is 18.2 Å². The molecule has 1 fully saturated rings. The quantitative estimate of drug-likeness (QED) is 0.784. The van der Waals surface area contributed by atoms with Crippen LogP contribution in [0, 0.1) is 23.1 Å². The summed E-state index contributed by atoms with van der Waals surface area (Å²) in [6.45, 7) is 4.90. The fraction of sp³-hybridized carbons (Fsp3) is 0.500. The fourth-order valence-corrected chi connectivity index (χ4v) is 2.44. The summed E-state index contributed by atoms with van der Waals surface area (Å²) < 4.78 is 13.6. The third kappa shape index (κ3) is 3.04. The first-order valence-electron chi connectivity index (χ1n) is 6.10. The Labute approximate surface area is 102 Å². The number of hydrogen-bond acceptors (Lipinski definition) is 2. The number of hydrogen-bond donors (Lipinski definition) is 0. The summed E-state index contributed by atoms with van der Waals surface area (Å²) in [6, 6.07) is 6.63. The van der Waals surface area contributed by atoms with Crippen molar-refractivity contribution in [3.63, 3.8) is 0 Å². The molecule has 0 N–H and O–H groups in total. The molecule has 1 aliphatic heterocycles. The number of nitrogens with zero attached hydrogens (tertiary/aromatic N) is 2. The summed E-state index contributed by atoms with van der Waals surface area (Å²) in [5, 5.41) is 8.81. The Balaban J connectivity index is 2.10. The molecule has 1 aromatic carbocycles.